The van der Waals surface area contributed by atoms with Crippen molar-refractivity contribution in [3.05, 3.63) is 59.7 Å². The molecule has 0 heterocycles. The quantitative estimate of drug-likeness (QED) is 0.575. The average Bonchev–Trinajstić information content (AvgIpc) is 2.64. The van der Waals surface area contributed by atoms with Gasteiger partial charge in [-0.25, -0.2) is 0 Å². The van der Waals surface area contributed by atoms with E-state index >= 15 is 0 Å². The lowest BCUT2D eigenvalue weighted by molar-refractivity contribution is -0.114. The number of hydrogen-bond acceptors (Lipinski definition) is 4. The Labute approximate surface area is 147 Å². The van der Waals surface area contributed by atoms with Gasteiger partial charge in [0.05, 0.1) is 24.4 Å². The number of rotatable bonds is 6. The Balaban J connectivity index is 1.78. The summed E-state index contributed by atoms with van der Waals surface area (Å²) in [4.78, 5) is 28.5. The van der Waals surface area contributed by atoms with E-state index < -0.39 is 11.6 Å². The molecule has 0 N–H and O–H groups in total. The molecular weight excluding hydrogens is 314 g/mol. The minimum Gasteiger partial charge on any atom is -0.494 e. The molecule has 0 saturated carbocycles. The number of unbranched alkanes of at least 4 members (excludes halogenated alkanes) is 2. The number of hydrogen-bond donors (Lipinski definition) is 0. The van der Waals surface area contributed by atoms with E-state index in [0.29, 0.717) is 17.9 Å². The molecule has 4 heteroatoms. The van der Waals surface area contributed by atoms with Gasteiger partial charge in [-0.1, -0.05) is 44.0 Å². The first-order chi connectivity index (χ1) is 12.2. The molecule has 0 fully saturated rings. The Kier molecular flexibility index (Phi) is 5.39. The molecule has 2 aromatic carbocycles. The van der Waals surface area contributed by atoms with E-state index in [0.717, 1.165) is 29.8 Å². The lowest BCUT2D eigenvalue weighted by Gasteiger charge is -2.15. The van der Waals surface area contributed by atoms with Crippen molar-refractivity contribution in [3.8, 4) is 5.75 Å². The summed E-state index contributed by atoms with van der Waals surface area (Å²) in [6, 6.07) is 14.6. The normalized spacial score (nSPS) is 15.3. The van der Waals surface area contributed by atoms with Crippen molar-refractivity contribution in [2.45, 2.75) is 32.6 Å². The van der Waals surface area contributed by atoms with Gasteiger partial charge >= 0.3 is 0 Å². The van der Waals surface area contributed by atoms with Crippen LogP contribution in [0.1, 0.15) is 48.5 Å². The molecule has 25 heavy (non-hydrogen) atoms. The van der Waals surface area contributed by atoms with E-state index in [9.17, 15) is 9.59 Å². The van der Waals surface area contributed by atoms with E-state index in [1.165, 1.54) is 6.42 Å². The van der Waals surface area contributed by atoms with Crippen molar-refractivity contribution in [1.82, 2.24) is 0 Å². The number of Topliss-reactive ketones (excluding diaryl/α,β-unsaturated/α-hetero) is 2. The maximum atomic E-state index is 12.0. The van der Waals surface area contributed by atoms with Crippen LogP contribution in [0.25, 0.3) is 0 Å². The monoisotopic (exact) mass is 335 g/mol. The van der Waals surface area contributed by atoms with Crippen molar-refractivity contribution >= 4 is 23.0 Å². The van der Waals surface area contributed by atoms with Crippen LogP contribution in [-0.2, 0) is 4.79 Å². The third-order valence-electron chi connectivity index (χ3n) is 4.18. The Morgan fingerprint density at radius 2 is 1.68 bits per heavy atom. The van der Waals surface area contributed by atoms with Crippen molar-refractivity contribution in [3.63, 3.8) is 0 Å². The highest BCUT2D eigenvalue weighted by atomic mass is 16.5. The van der Waals surface area contributed by atoms with Crippen LogP contribution in [0.3, 0.4) is 0 Å². The van der Waals surface area contributed by atoms with Crippen LogP contribution in [0, 0.1) is 0 Å². The van der Waals surface area contributed by atoms with Crippen molar-refractivity contribution in [2.75, 3.05) is 6.61 Å². The van der Waals surface area contributed by atoms with Crippen LogP contribution in [0.2, 0.25) is 0 Å². The Bertz CT molecular complexity index is 806. The van der Waals surface area contributed by atoms with Gasteiger partial charge in [-0.15, -0.1) is 0 Å². The molecule has 0 amide bonds. The first kappa shape index (κ1) is 17.1. The second-order valence-corrected chi connectivity index (χ2v) is 6.08. The topological polar surface area (TPSA) is 55.7 Å². The number of ether oxygens (including phenoxy) is 1. The molecule has 4 nitrogen and oxygen atoms in total. The van der Waals surface area contributed by atoms with Gasteiger partial charge in [0.1, 0.15) is 5.75 Å². The highest BCUT2D eigenvalue weighted by Gasteiger charge is 2.28. The zero-order chi connectivity index (χ0) is 17.6. The third-order valence-corrected chi connectivity index (χ3v) is 4.18. The second-order valence-electron chi connectivity index (χ2n) is 6.08. The average molecular weight is 335 g/mol. The standard InChI is InChI=1S/C21H21NO3/c1-2-3-6-13-25-16-11-9-15(10-12-16)22-19-14-20(23)21(24)18-8-5-4-7-17(18)19/h4-5,7-12H,2-3,6,13-14H2,1H3. The maximum Gasteiger partial charge on any atom is 0.229 e. The van der Waals surface area contributed by atoms with Gasteiger partial charge in [0, 0.05) is 11.1 Å². The Morgan fingerprint density at radius 1 is 0.960 bits per heavy atom. The van der Waals surface area contributed by atoms with E-state index in [1.54, 1.807) is 12.1 Å². The van der Waals surface area contributed by atoms with Crippen molar-refractivity contribution < 1.29 is 14.3 Å². The zero-order valence-corrected chi connectivity index (χ0v) is 14.3. The van der Waals surface area contributed by atoms with Crippen molar-refractivity contribution in [2.24, 2.45) is 4.99 Å². The predicted octanol–water partition coefficient (Wildman–Crippen LogP) is 4.53. The number of benzene rings is 2. The Hall–Kier alpha value is -2.75. The minimum atomic E-state index is -0.426. The van der Waals surface area contributed by atoms with E-state index in [1.807, 2.05) is 36.4 Å². The van der Waals surface area contributed by atoms with Crippen LogP contribution in [0.5, 0.6) is 5.75 Å². The molecule has 1 aliphatic carbocycles. The maximum absolute atomic E-state index is 12.0. The van der Waals surface area contributed by atoms with E-state index in [-0.39, 0.29) is 6.42 Å². The number of carbonyl (C=O) groups excluding carboxylic acids is 2. The van der Waals surface area contributed by atoms with Gasteiger partial charge in [-0.2, -0.15) is 0 Å². The van der Waals surface area contributed by atoms with E-state index in [2.05, 4.69) is 11.9 Å². The summed E-state index contributed by atoms with van der Waals surface area (Å²) in [6.45, 7) is 2.88. The molecule has 2 aromatic rings. The fourth-order valence-corrected chi connectivity index (χ4v) is 2.83. The molecule has 0 aliphatic heterocycles. The summed E-state index contributed by atoms with van der Waals surface area (Å²) >= 11 is 0. The number of fused-ring (bicyclic) bond motifs is 1. The van der Waals surface area contributed by atoms with Crippen LogP contribution in [0.15, 0.2) is 53.5 Å². The van der Waals surface area contributed by atoms with Gasteiger partial charge in [0.15, 0.2) is 0 Å². The summed E-state index contributed by atoms with van der Waals surface area (Å²) in [5.41, 5.74) is 2.56. The largest absolute Gasteiger partial charge is 0.494 e. The number of carbonyl (C=O) groups is 2. The first-order valence-electron chi connectivity index (χ1n) is 8.66. The van der Waals surface area contributed by atoms with Crippen LogP contribution in [-0.4, -0.2) is 23.9 Å². The first-order valence-corrected chi connectivity index (χ1v) is 8.66. The predicted molar refractivity (Wildman–Crippen MR) is 98.1 cm³/mol. The van der Waals surface area contributed by atoms with Gasteiger partial charge in [-0.3, -0.25) is 14.6 Å². The molecular formula is C21H21NO3. The summed E-state index contributed by atoms with van der Waals surface area (Å²) in [7, 11) is 0. The van der Waals surface area contributed by atoms with Crippen LogP contribution >= 0.6 is 0 Å². The summed E-state index contributed by atoms with van der Waals surface area (Å²) < 4.78 is 5.69. The molecule has 0 aromatic heterocycles. The van der Waals surface area contributed by atoms with Gasteiger partial charge in [-0.05, 0) is 30.7 Å². The highest BCUT2D eigenvalue weighted by molar-refractivity contribution is 6.51. The molecule has 3 rings (SSSR count). The lowest BCUT2D eigenvalue weighted by Crippen LogP contribution is -2.27. The Morgan fingerprint density at radius 3 is 2.40 bits per heavy atom. The molecule has 0 radical (unpaired) electrons. The number of nitrogens with zero attached hydrogens (tertiary/aromatic N) is 1. The zero-order valence-electron chi connectivity index (χ0n) is 14.3. The van der Waals surface area contributed by atoms with E-state index in [4.69, 9.17) is 4.74 Å². The summed E-state index contributed by atoms with van der Waals surface area (Å²) in [5.74, 6) is -0.0194. The molecule has 0 saturated heterocycles. The van der Waals surface area contributed by atoms with Crippen LogP contribution < -0.4 is 4.74 Å². The molecule has 0 bridgehead atoms. The molecule has 0 unspecified atom stereocenters. The molecule has 0 spiro atoms. The van der Waals surface area contributed by atoms with Crippen LogP contribution in [0.4, 0.5) is 5.69 Å². The summed E-state index contributed by atoms with van der Waals surface area (Å²) in [6.07, 6.45) is 3.43. The van der Waals surface area contributed by atoms with Gasteiger partial charge in [0.2, 0.25) is 11.6 Å². The molecule has 0 atom stereocenters. The molecule has 1 aliphatic rings. The van der Waals surface area contributed by atoms with Crippen molar-refractivity contribution in [1.29, 1.82) is 0 Å². The number of aliphatic imine (C=N–C) groups is 1. The van der Waals surface area contributed by atoms with Gasteiger partial charge < -0.3 is 4.74 Å². The highest BCUT2D eigenvalue weighted by Crippen LogP contribution is 2.24. The SMILES string of the molecule is CCCCCOc1ccc(N=C2CC(=O)C(=O)c3ccccc32)cc1. The minimum absolute atomic E-state index is 0.0467. The third kappa shape index (κ3) is 4.02. The second kappa shape index (κ2) is 7.88. The fourth-order valence-electron chi connectivity index (χ4n) is 2.83. The van der Waals surface area contributed by atoms with Gasteiger partial charge in [0.25, 0.3) is 0 Å². The number of ketones is 2. The fraction of sp³-hybridized carbons (Fsp3) is 0.286. The summed E-state index contributed by atoms with van der Waals surface area (Å²) in [5, 5.41) is 0. The molecule has 128 valence electrons. The lowest BCUT2D eigenvalue weighted by atomic mass is 9.88. The smallest absolute Gasteiger partial charge is 0.229 e.